The number of alkyl halides is 1. The third-order valence-electron chi connectivity index (χ3n) is 8.21. The molecule has 0 aliphatic carbocycles. The van der Waals surface area contributed by atoms with Gasteiger partial charge in [-0.05, 0) is 37.7 Å². The summed E-state index contributed by atoms with van der Waals surface area (Å²) in [6.07, 6.45) is -5.11. The van der Waals surface area contributed by atoms with E-state index < -0.39 is 110 Å². The summed E-state index contributed by atoms with van der Waals surface area (Å²) in [4.78, 5) is 99.3. The lowest BCUT2D eigenvalue weighted by Crippen LogP contribution is -2.58. The number of hydrogen-bond donors (Lipinski definition) is 12. The van der Waals surface area contributed by atoms with Crippen LogP contribution in [0.25, 0.3) is 0 Å². The van der Waals surface area contributed by atoms with Crippen LogP contribution < -0.4 is 43.4 Å². The van der Waals surface area contributed by atoms with Gasteiger partial charge in [0.2, 0.25) is 29.5 Å². The van der Waals surface area contributed by atoms with Crippen molar-refractivity contribution in [1.29, 1.82) is 0 Å². The highest BCUT2D eigenvalue weighted by Crippen LogP contribution is 2.09. The highest BCUT2D eigenvalue weighted by atomic mass is 18.2. The lowest BCUT2D eigenvalue weighted by Gasteiger charge is -2.26. The number of guanidine groups is 1. The molecule has 1 heterocycles. The fourth-order valence-electron chi connectivity index (χ4n) is 5.20. The van der Waals surface area contributed by atoms with E-state index in [4.69, 9.17) is 16.3 Å². The number of carbonyl (C=O) groups is 7. The molecule has 316 valence electrons. The van der Waals surface area contributed by atoms with Gasteiger partial charge < -0.3 is 68.6 Å². The van der Waals surface area contributed by atoms with Crippen molar-refractivity contribution >= 4 is 53.6 Å². The molecule has 0 unspecified atom stereocenters. The number of hydrogen-bond acceptors (Lipinski definition) is 13. The minimum absolute atomic E-state index is 0.00772. The van der Waals surface area contributed by atoms with E-state index in [0.29, 0.717) is 11.8 Å². The number of carbonyl (C=O) groups excluding carboxylic acids is 6. The van der Waals surface area contributed by atoms with Crippen molar-refractivity contribution < 1.29 is 63.2 Å². The van der Waals surface area contributed by atoms with Gasteiger partial charge >= 0.3 is 5.97 Å². The molecule has 22 nitrogen and oxygen atoms in total. The molecule has 0 saturated carbocycles. The number of aliphatic carboxylic acids is 1. The molecule has 1 fully saturated rings. The Kier molecular flexibility index (Phi) is 20.9. The van der Waals surface area contributed by atoms with Gasteiger partial charge in [0.25, 0.3) is 5.91 Å². The Labute approximate surface area is 326 Å². The first-order valence-electron chi connectivity index (χ1n) is 17.9. The van der Waals surface area contributed by atoms with Crippen molar-refractivity contribution in [2.75, 3.05) is 32.9 Å². The SMILES string of the molecule is NC(N)=NCCC[C@@H]1NC(=O)[C@H](CCCCNC(=O)CO/N=C/[C@H](O)[C@H](O)[C@H](O)C[18F])NC(=O)[C@@H](Cc2ccccc2)NC(=O)[C@H](CC(=O)O)NC(=O)CNC1=O. The second-order valence-corrected chi connectivity index (χ2v) is 12.8. The van der Waals surface area contributed by atoms with Crippen molar-refractivity contribution in [2.24, 2.45) is 21.6 Å². The summed E-state index contributed by atoms with van der Waals surface area (Å²) in [6.45, 7) is -2.45. The van der Waals surface area contributed by atoms with Crippen molar-refractivity contribution in [2.45, 2.75) is 87.4 Å². The maximum absolute atomic E-state index is 13.8. The van der Waals surface area contributed by atoms with Gasteiger partial charge in [0, 0.05) is 19.5 Å². The van der Waals surface area contributed by atoms with Crippen LogP contribution in [0.3, 0.4) is 0 Å². The van der Waals surface area contributed by atoms with Gasteiger partial charge in [-0.15, -0.1) is 0 Å². The van der Waals surface area contributed by atoms with Gasteiger partial charge in [-0.1, -0.05) is 35.5 Å². The number of rotatable bonds is 20. The van der Waals surface area contributed by atoms with Gasteiger partial charge in [-0.2, -0.15) is 0 Å². The summed E-state index contributed by atoms with van der Waals surface area (Å²) in [6, 6.07) is 2.93. The molecule has 1 aliphatic rings. The van der Waals surface area contributed by atoms with Gasteiger partial charge in [0.1, 0.15) is 49.2 Å². The number of carboxylic acids is 1. The number of carboxylic acid groups (broad SMARTS) is 1. The van der Waals surface area contributed by atoms with Crippen LogP contribution in [0.2, 0.25) is 0 Å². The van der Waals surface area contributed by atoms with Crippen molar-refractivity contribution in [1.82, 2.24) is 31.9 Å². The predicted octanol–water partition coefficient (Wildman–Crippen LogP) is -4.83. The topological polar surface area (TPSA) is 359 Å². The molecular formula is C34H51FN10O12. The summed E-state index contributed by atoms with van der Waals surface area (Å²) < 4.78 is 12.4. The standard InChI is InChI=1S/C34H51FN10O12/c35-15-24(46)29(52)25(47)16-41-57-18-27(49)38-11-5-4-9-21-31(54)43-20(10-6-12-39-34(36)37)30(53)40-17-26(48)42-23(14-28(50)51)33(56)45-22(32(55)44-21)13-19-7-2-1-3-8-19/h1-3,7-8,16,20-25,29,46-47,52H,4-6,9-15,17-18H2,(H,38,49)(H,40,53)(H,42,48)(H,43,54)(H,44,55)(H,45,56)(H,50,51)(H4,36,37,39)/b41-16+/t20-,21-,22+,23-,24+,25-,29+/m0/s1/i35-1. The largest absolute Gasteiger partial charge is 0.481 e. The van der Waals surface area contributed by atoms with E-state index in [0.717, 1.165) is 0 Å². The van der Waals surface area contributed by atoms with Crippen LogP contribution in [-0.4, -0.2) is 149 Å². The Bertz CT molecular complexity index is 1570. The summed E-state index contributed by atoms with van der Waals surface area (Å²) in [7, 11) is 0. The van der Waals surface area contributed by atoms with Crippen molar-refractivity contribution in [3.05, 3.63) is 35.9 Å². The zero-order chi connectivity index (χ0) is 42.3. The molecule has 6 amide bonds. The minimum Gasteiger partial charge on any atom is -0.481 e. The number of unbranched alkanes of at least 4 members (excludes halogenated alkanes) is 1. The van der Waals surface area contributed by atoms with Crippen LogP contribution in [0.1, 0.15) is 44.1 Å². The maximum atomic E-state index is 13.8. The van der Waals surface area contributed by atoms with Crippen molar-refractivity contribution in [3.63, 3.8) is 0 Å². The third-order valence-corrected chi connectivity index (χ3v) is 8.21. The molecule has 23 heteroatoms. The number of benzene rings is 1. The molecule has 14 N–H and O–H groups in total. The quantitative estimate of drug-likeness (QED) is 0.0255. The van der Waals surface area contributed by atoms with Crippen LogP contribution in [0.15, 0.2) is 40.5 Å². The average Bonchev–Trinajstić information content (AvgIpc) is 3.17. The lowest BCUT2D eigenvalue weighted by atomic mass is 10.0. The zero-order valence-electron chi connectivity index (χ0n) is 31.0. The second-order valence-electron chi connectivity index (χ2n) is 12.8. The Morgan fingerprint density at radius 1 is 0.877 bits per heavy atom. The number of nitrogens with zero attached hydrogens (tertiary/aromatic N) is 2. The van der Waals surface area contributed by atoms with Gasteiger partial charge in [0.15, 0.2) is 12.6 Å². The number of aliphatic hydroxyl groups excluding tert-OH is 3. The predicted molar refractivity (Wildman–Crippen MR) is 198 cm³/mol. The molecule has 1 aromatic carbocycles. The van der Waals surface area contributed by atoms with E-state index in [1.54, 1.807) is 30.3 Å². The molecule has 0 aromatic heterocycles. The molecular weight excluding hydrogens is 758 g/mol. The Morgan fingerprint density at radius 3 is 2.14 bits per heavy atom. The number of halogens is 1. The number of oxime groups is 1. The first-order valence-corrected chi connectivity index (χ1v) is 17.9. The van der Waals surface area contributed by atoms with E-state index in [-0.39, 0.29) is 57.6 Å². The Morgan fingerprint density at radius 2 is 1.49 bits per heavy atom. The van der Waals surface area contributed by atoms with E-state index in [9.17, 15) is 58.4 Å². The van der Waals surface area contributed by atoms with E-state index in [2.05, 4.69) is 42.0 Å². The Balaban J connectivity index is 2.25. The van der Waals surface area contributed by atoms with Crippen LogP contribution in [0.4, 0.5) is 4.39 Å². The summed E-state index contributed by atoms with van der Waals surface area (Å²) in [5.41, 5.74) is 11.4. The van der Waals surface area contributed by atoms with Crippen LogP contribution in [0, 0.1) is 0 Å². The van der Waals surface area contributed by atoms with Crippen molar-refractivity contribution in [3.8, 4) is 0 Å². The number of aliphatic imine (C=N–C) groups is 1. The highest BCUT2D eigenvalue weighted by Gasteiger charge is 2.33. The summed E-state index contributed by atoms with van der Waals surface area (Å²) in [5, 5.41) is 56.0. The lowest BCUT2D eigenvalue weighted by molar-refractivity contribution is -0.141. The number of nitrogens with one attached hydrogen (secondary N) is 6. The molecule has 1 aromatic rings. The van der Waals surface area contributed by atoms with Crippen LogP contribution in [-0.2, 0) is 44.8 Å². The number of nitrogens with two attached hydrogens (primary N) is 2. The Hall–Kier alpha value is -5.94. The zero-order valence-corrected chi connectivity index (χ0v) is 31.0. The highest BCUT2D eigenvalue weighted by molar-refractivity contribution is 5.98. The van der Waals surface area contributed by atoms with E-state index in [1.165, 1.54) is 0 Å². The molecule has 2 rings (SSSR count). The maximum Gasteiger partial charge on any atom is 0.305 e. The molecule has 0 bridgehead atoms. The number of amides is 6. The normalized spacial score (nSPS) is 21.2. The monoisotopic (exact) mass is 809 g/mol. The molecule has 57 heavy (non-hydrogen) atoms. The fourth-order valence-corrected chi connectivity index (χ4v) is 5.20. The molecule has 7 atom stereocenters. The molecule has 1 saturated heterocycles. The van der Waals surface area contributed by atoms with E-state index >= 15 is 0 Å². The van der Waals surface area contributed by atoms with Gasteiger partial charge in [0.05, 0.1) is 19.2 Å². The molecule has 1 aliphatic heterocycles. The minimum atomic E-state index is -1.87. The number of aliphatic hydroxyl groups is 3. The van der Waals surface area contributed by atoms with Crippen LogP contribution >= 0.6 is 0 Å². The summed E-state index contributed by atoms with van der Waals surface area (Å²) in [5.74, 6) is -6.62. The molecule has 0 radical (unpaired) electrons. The first-order chi connectivity index (χ1) is 27.1. The van der Waals surface area contributed by atoms with E-state index in [1.807, 2.05) is 0 Å². The third kappa shape index (κ3) is 18.5. The van der Waals surface area contributed by atoms with Gasteiger partial charge in [-0.3, -0.25) is 38.6 Å². The van der Waals surface area contributed by atoms with Gasteiger partial charge in [-0.25, -0.2) is 4.39 Å². The smallest absolute Gasteiger partial charge is 0.305 e. The molecule has 0 spiro atoms. The second kappa shape index (κ2) is 25.3. The van der Waals surface area contributed by atoms with Crippen LogP contribution in [0.5, 0.6) is 0 Å². The average molecular weight is 810 g/mol. The summed E-state index contributed by atoms with van der Waals surface area (Å²) >= 11 is 0. The fraction of sp³-hybridized carbons (Fsp3) is 0.559. The first kappa shape index (κ1) is 47.2.